The number of anilines is 2. The lowest BCUT2D eigenvalue weighted by Gasteiger charge is -2.33. The van der Waals surface area contributed by atoms with Crippen LogP contribution >= 0.6 is 0 Å². The number of sulfonamides is 1. The number of nitriles is 1. The average Bonchev–Trinajstić information content (AvgIpc) is 2.77. The summed E-state index contributed by atoms with van der Waals surface area (Å²) in [5, 5.41) is 19.3. The van der Waals surface area contributed by atoms with Gasteiger partial charge in [0.15, 0.2) is 0 Å². The van der Waals surface area contributed by atoms with Crippen LogP contribution in [-0.2, 0) is 14.8 Å². The minimum absolute atomic E-state index is 0.0477. The molecule has 0 amide bonds. The van der Waals surface area contributed by atoms with Crippen molar-refractivity contribution in [2.75, 3.05) is 36.9 Å². The number of benzene rings is 2. The Balaban J connectivity index is 2.05. The molecule has 0 aromatic heterocycles. The number of methoxy groups -OCH3 is 2. The van der Waals surface area contributed by atoms with Crippen LogP contribution in [0, 0.1) is 11.3 Å². The first kappa shape index (κ1) is 22.4. The maximum atomic E-state index is 13.2. The number of β-amino-alcohol motifs (C(OH)–C–C–N with tert-alkyl or cyclic N) is 1. The summed E-state index contributed by atoms with van der Waals surface area (Å²) in [5.74, 6) is -0.639. The Hall–Kier alpha value is -3.29. The molecule has 2 N–H and O–H groups in total. The number of hydrogen-bond donors (Lipinski definition) is 2. The number of esters is 1. The number of carbonyl (C=O) groups is 1. The summed E-state index contributed by atoms with van der Waals surface area (Å²) in [7, 11) is -1.68. The van der Waals surface area contributed by atoms with E-state index < -0.39 is 22.1 Å². The highest BCUT2D eigenvalue weighted by Crippen LogP contribution is 2.33. The maximum absolute atomic E-state index is 13.2. The zero-order chi connectivity index (χ0) is 22.6. The number of nitrogens with zero attached hydrogens (tertiary/aromatic N) is 2. The molecule has 0 aliphatic carbocycles. The predicted octanol–water partition coefficient (Wildman–Crippen LogP) is 2.12. The number of aliphatic hydroxyl groups is 1. The fourth-order valence-electron chi connectivity index (χ4n) is 3.47. The third-order valence-electron chi connectivity index (χ3n) is 4.98. The highest BCUT2D eigenvalue weighted by molar-refractivity contribution is 7.92. The van der Waals surface area contributed by atoms with Gasteiger partial charge in [0.1, 0.15) is 10.6 Å². The molecule has 0 radical (unpaired) electrons. The van der Waals surface area contributed by atoms with Crippen molar-refractivity contribution in [2.24, 2.45) is 0 Å². The van der Waals surface area contributed by atoms with Crippen LogP contribution in [0.3, 0.4) is 0 Å². The van der Waals surface area contributed by atoms with Gasteiger partial charge in [-0.3, -0.25) is 4.72 Å². The highest BCUT2D eigenvalue weighted by Gasteiger charge is 2.26. The first-order chi connectivity index (χ1) is 14.8. The van der Waals surface area contributed by atoms with Gasteiger partial charge >= 0.3 is 5.97 Å². The van der Waals surface area contributed by atoms with Crippen molar-refractivity contribution in [3.8, 4) is 11.8 Å². The topological polar surface area (TPSA) is 129 Å². The molecule has 0 bridgehead atoms. The number of piperidine rings is 1. The summed E-state index contributed by atoms with van der Waals surface area (Å²) in [5.41, 5.74) is 1.06. The SMILES string of the molecule is COC(=O)c1ccc(OC)c(S(=O)(=O)Nc2cc(C#N)ccc2N2CCC[C@H](O)C2)c1. The first-order valence-corrected chi connectivity index (χ1v) is 11.0. The Kier molecular flexibility index (Phi) is 6.68. The molecule has 1 aliphatic heterocycles. The molecule has 31 heavy (non-hydrogen) atoms. The Labute approximate surface area is 180 Å². The van der Waals surface area contributed by atoms with Crippen molar-refractivity contribution >= 4 is 27.4 Å². The van der Waals surface area contributed by atoms with Gasteiger partial charge in [-0.1, -0.05) is 0 Å². The largest absolute Gasteiger partial charge is 0.495 e. The van der Waals surface area contributed by atoms with Crippen LogP contribution in [0.1, 0.15) is 28.8 Å². The summed E-state index contributed by atoms with van der Waals surface area (Å²) in [6, 6.07) is 10.6. The Morgan fingerprint density at radius 1 is 1.26 bits per heavy atom. The van der Waals surface area contributed by atoms with Gasteiger partial charge in [-0.05, 0) is 49.2 Å². The molecular weight excluding hydrogens is 422 g/mol. The smallest absolute Gasteiger partial charge is 0.337 e. The number of rotatable bonds is 6. The fourth-order valence-corrected chi connectivity index (χ4v) is 4.73. The quantitative estimate of drug-likeness (QED) is 0.647. The first-order valence-electron chi connectivity index (χ1n) is 9.55. The van der Waals surface area contributed by atoms with Gasteiger partial charge < -0.3 is 19.5 Å². The van der Waals surface area contributed by atoms with E-state index >= 15 is 0 Å². The summed E-state index contributed by atoms with van der Waals surface area (Å²) < 4.78 is 38.9. The van der Waals surface area contributed by atoms with Gasteiger partial charge in [-0.25, -0.2) is 13.2 Å². The van der Waals surface area contributed by atoms with Crippen LogP contribution < -0.4 is 14.4 Å². The molecule has 1 atom stereocenters. The molecule has 10 heteroatoms. The van der Waals surface area contributed by atoms with E-state index in [4.69, 9.17) is 4.74 Å². The highest BCUT2D eigenvalue weighted by atomic mass is 32.2. The summed E-state index contributed by atoms with van der Waals surface area (Å²) in [6.45, 7) is 0.987. The third kappa shape index (κ3) is 4.90. The van der Waals surface area contributed by atoms with E-state index in [-0.39, 0.29) is 27.5 Å². The monoisotopic (exact) mass is 445 g/mol. The minimum Gasteiger partial charge on any atom is -0.495 e. The predicted molar refractivity (Wildman–Crippen MR) is 114 cm³/mol. The molecule has 1 aliphatic rings. The Bertz CT molecular complexity index is 1130. The molecule has 1 fully saturated rings. The van der Waals surface area contributed by atoms with Crippen LogP contribution in [0.15, 0.2) is 41.3 Å². The number of ether oxygens (including phenoxy) is 2. The maximum Gasteiger partial charge on any atom is 0.337 e. The lowest BCUT2D eigenvalue weighted by atomic mass is 10.1. The van der Waals surface area contributed by atoms with Crippen LogP contribution in [0.25, 0.3) is 0 Å². The summed E-state index contributed by atoms with van der Waals surface area (Å²) in [4.78, 5) is 13.5. The van der Waals surface area contributed by atoms with E-state index in [1.807, 2.05) is 11.0 Å². The standard InChI is InChI=1S/C21H23N3O6S/c1-29-19-8-6-15(21(26)30-2)11-20(19)31(27,28)23-17-10-14(12-22)5-7-18(17)24-9-3-4-16(25)13-24/h5-8,10-11,16,23,25H,3-4,9,13H2,1-2H3/t16-/m0/s1. The van der Waals surface area contributed by atoms with Crippen LogP contribution in [0.5, 0.6) is 5.75 Å². The van der Waals surface area contributed by atoms with Crippen LogP contribution in [0.2, 0.25) is 0 Å². The fraction of sp³-hybridized carbons (Fsp3) is 0.333. The van der Waals surface area contributed by atoms with Crippen LogP contribution in [-0.4, -0.2) is 52.9 Å². The molecule has 3 rings (SSSR count). The second kappa shape index (κ2) is 9.24. The third-order valence-corrected chi connectivity index (χ3v) is 6.37. The van der Waals surface area contributed by atoms with E-state index in [2.05, 4.69) is 9.46 Å². The van der Waals surface area contributed by atoms with Gasteiger partial charge in [0, 0.05) is 13.1 Å². The van der Waals surface area contributed by atoms with E-state index in [1.54, 1.807) is 12.1 Å². The molecule has 1 heterocycles. The van der Waals surface area contributed by atoms with Crippen molar-refractivity contribution in [3.05, 3.63) is 47.5 Å². The Morgan fingerprint density at radius 3 is 2.68 bits per heavy atom. The van der Waals surface area contributed by atoms with E-state index in [0.29, 0.717) is 25.2 Å². The normalized spacial score (nSPS) is 16.3. The lowest BCUT2D eigenvalue weighted by Crippen LogP contribution is -2.38. The van der Waals surface area contributed by atoms with Gasteiger partial charge in [-0.2, -0.15) is 5.26 Å². The van der Waals surface area contributed by atoms with Crippen LogP contribution in [0.4, 0.5) is 11.4 Å². The van der Waals surface area contributed by atoms with E-state index in [1.165, 1.54) is 38.5 Å². The molecule has 2 aromatic rings. The molecule has 9 nitrogen and oxygen atoms in total. The summed E-state index contributed by atoms with van der Waals surface area (Å²) in [6.07, 6.45) is 0.902. The molecule has 1 saturated heterocycles. The Morgan fingerprint density at radius 2 is 2.03 bits per heavy atom. The van der Waals surface area contributed by atoms with Crippen molar-refractivity contribution in [1.82, 2.24) is 0 Å². The van der Waals surface area contributed by atoms with Crippen molar-refractivity contribution in [1.29, 1.82) is 5.26 Å². The second-order valence-electron chi connectivity index (χ2n) is 7.05. The average molecular weight is 445 g/mol. The van der Waals surface area contributed by atoms with Gasteiger partial charge in [0.25, 0.3) is 10.0 Å². The number of hydrogen-bond acceptors (Lipinski definition) is 8. The number of carbonyl (C=O) groups excluding carboxylic acids is 1. The van der Waals surface area contributed by atoms with Crippen molar-refractivity contribution in [2.45, 2.75) is 23.8 Å². The van der Waals surface area contributed by atoms with Crippen molar-refractivity contribution in [3.63, 3.8) is 0 Å². The minimum atomic E-state index is -4.20. The number of aliphatic hydroxyl groups excluding tert-OH is 1. The molecule has 164 valence electrons. The van der Waals surface area contributed by atoms with Gasteiger partial charge in [0.2, 0.25) is 0 Å². The summed E-state index contributed by atoms with van der Waals surface area (Å²) >= 11 is 0. The van der Waals surface area contributed by atoms with Gasteiger partial charge in [0.05, 0.1) is 48.9 Å². The molecular formula is C21H23N3O6S. The van der Waals surface area contributed by atoms with Crippen molar-refractivity contribution < 1.29 is 27.8 Å². The van der Waals surface area contributed by atoms with E-state index in [0.717, 1.165) is 6.42 Å². The second-order valence-corrected chi connectivity index (χ2v) is 8.70. The molecule has 0 saturated carbocycles. The van der Waals surface area contributed by atoms with E-state index in [9.17, 15) is 23.6 Å². The zero-order valence-electron chi connectivity index (χ0n) is 17.2. The molecule has 0 unspecified atom stereocenters. The molecule has 0 spiro atoms. The van der Waals surface area contributed by atoms with Gasteiger partial charge in [-0.15, -0.1) is 0 Å². The zero-order valence-corrected chi connectivity index (χ0v) is 18.0. The lowest BCUT2D eigenvalue weighted by molar-refractivity contribution is 0.0600. The molecule has 2 aromatic carbocycles. The number of nitrogens with one attached hydrogen (secondary N) is 1.